The number of methoxy groups -OCH3 is 1. The molecule has 2 aromatic carbocycles. The van der Waals surface area contributed by atoms with E-state index in [1.54, 1.807) is 18.2 Å². The summed E-state index contributed by atoms with van der Waals surface area (Å²) in [5.74, 6) is -0.777. The quantitative estimate of drug-likeness (QED) is 0.900. The molecule has 0 saturated carbocycles. The topological polar surface area (TPSA) is 64.3 Å². The van der Waals surface area contributed by atoms with E-state index < -0.39 is 11.7 Å². The molecule has 2 rings (SSSR count). The van der Waals surface area contributed by atoms with Crippen LogP contribution in [0, 0.1) is 5.82 Å². The lowest BCUT2D eigenvalue weighted by molar-refractivity contribution is 0.102. The zero-order valence-corrected chi connectivity index (χ0v) is 11.0. The minimum absolute atomic E-state index is 0.0380. The molecule has 20 heavy (non-hydrogen) atoms. The van der Waals surface area contributed by atoms with Crippen LogP contribution in [0.1, 0.15) is 15.9 Å². The Morgan fingerprint density at radius 3 is 2.75 bits per heavy atom. The van der Waals surface area contributed by atoms with Gasteiger partial charge < -0.3 is 15.8 Å². The highest BCUT2D eigenvalue weighted by molar-refractivity contribution is 6.04. The van der Waals surface area contributed by atoms with Gasteiger partial charge in [-0.05, 0) is 29.8 Å². The number of hydrogen-bond donors (Lipinski definition) is 2. The average Bonchev–Trinajstić information content (AvgIpc) is 2.47. The molecule has 1 amide bonds. The highest BCUT2D eigenvalue weighted by Crippen LogP contribution is 2.18. The molecule has 0 aromatic heterocycles. The standard InChI is InChI=1S/C15H15FN2O2/c1-20-12-5-6-13(14(16)8-12)15(19)18-11-4-2-3-10(7-11)9-17/h2-8H,9,17H2,1H3,(H,18,19). The van der Waals surface area contributed by atoms with Gasteiger partial charge in [0.15, 0.2) is 0 Å². The van der Waals surface area contributed by atoms with Crippen LogP contribution in [0.25, 0.3) is 0 Å². The lowest BCUT2D eigenvalue weighted by atomic mass is 10.1. The van der Waals surface area contributed by atoms with E-state index in [9.17, 15) is 9.18 Å². The van der Waals surface area contributed by atoms with Gasteiger partial charge in [0.05, 0.1) is 12.7 Å². The number of nitrogens with one attached hydrogen (secondary N) is 1. The Kier molecular flexibility index (Phi) is 4.32. The van der Waals surface area contributed by atoms with Crippen LogP contribution in [0.5, 0.6) is 5.75 Å². The third kappa shape index (κ3) is 3.13. The molecule has 0 fully saturated rings. The maximum absolute atomic E-state index is 13.8. The second-order valence-electron chi connectivity index (χ2n) is 4.20. The molecule has 0 aliphatic heterocycles. The molecular weight excluding hydrogens is 259 g/mol. The Bertz CT molecular complexity index is 629. The summed E-state index contributed by atoms with van der Waals surface area (Å²) in [7, 11) is 1.44. The third-order valence-corrected chi connectivity index (χ3v) is 2.84. The molecule has 4 nitrogen and oxygen atoms in total. The van der Waals surface area contributed by atoms with Crippen LogP contribution in [0.15, 0.2) is 42.5 Å². The SMILES string of the molecule is COc1ccc(C(=O)Nc2cccc(CN)c2)c(F)c1. The van der Waals surface area contributed by atoms with Crippen LogP contribution in [0.2, 0.25) is 0 Å². The minimum atomic E-state index is -0.628. The summed E-state index contributed by atoms with van der Waals surface area (Å²) in [6.07, 6.45) is 0. The second kappa shape index (κ2) is 6.16. The van der Waals surface area contributed by atoms with Crippen molar-refractivity contribution in [3.05, 3.63) is 59.4 Å². The summed E-state index contributed by atoms with van der Waals surface area (Å²) in [6.45, 7) is 0.376. The summed E-state index contributed by atoms with van der Waals surface area (Å²) in [5, 5.41) is 2.64. The molecule has 0 aliphatic rings. The van der Waals surface area contributed by atoms with Crippen molar-refractivity contribution in [1.82, 2.24) is 0 Å². The number of halogens is 1. The van der Waals surface area contributed by atoms with Gasteiger partial charge in [-0.15, -0.1) is 0 Å². The van der Waals surface area contributed by atoms with Crippen molar-refractivity contribution >= 4 is 11.6 Å². The van der Waals surface area contributed by atoms with Gasteiger partial charge in [0, 0.05) is 18.3 Å². The van der Waals surface area contributed by atoms with E-state index in [1.165, 1.54) is 25.3 Å². The van der Waals surface area contributed by atoms with Gasteiger partial charge in [0.2, 0.25) is 0 Å². The first kappa shape index (κ1) is 14.0. The third-order valence-electron chi connectivity index (χ3n) is 2.84. The Balaban J connectivity index is 2.19. The van der Waals surface area contributed by atoms with Crippen molar-refractivity contribution in [2.24, 2.45) is 5.73 Å². The molecule has 0 unspecified atom stereocenters. The van der Waals surface area contributed by atoms with Crippen molar-refractivity contribution < 1.29 is 13.9 Å². The minimum Gasteiger partial charge on any atom is -0.497 e. The van der Waals surface area contributed by atoms with Gasteiger partial charge in [0.25, 0.3) is 5.91 Å². The molecule has 0 bridgehead atoms. The van der Waals surface area contributed by atoms with Crippen molar-refractivity contribution in [2.45, 2.75) is 6.54 Å². The van der Waals surface area contributed by atoms with E-state index in [-0.39, 0.29) is 5.56 Å². The van der Waals surface area contributed by atoms with Crippen LogP contribution in [0.3, 0.4) is 0 Å². The number of hydrogen-bond acceptors (Lipinski definition) is 3. The number of carbonyl (C=O) groups is 1. The number of nitrogens with two attached hydrogens (primary N) is 1. The van der Waals surface area contributed by atoms with E-state index in [2.05, 4.69) is 5.32 Å². The summed E-state index contributed by atoms with van der Waals surface area (Å²) in [4.78, 5) is 12.0. The molecule has 3 N–H and O–H groups in total. The van der Waals surface area contributed by atoms with Crippen molar-refractivity contribution in [2.75, 3.05) is 12.4 Å². The van der Waals surface area contributed by atoms with Crippen molar-refractivity contribution in [1.29, 1.82) is 0 Å². The predicted octanol–water partition coefficient (Wildman–Crippen LogP) is 2.55. The maximum Gasteiger partial charge on any atom is 0.258 e. The van der Waals surface area contributed by atoms with Gasteiger partial charge in [-0.1, -0.05) is 12.1 Å². The largest absolute Gasteiger partial charge is 0.497 e. The van der Waals surface area contributed by atoms with Gasteiger partial charge in [-0.25, -0.2) is 4.39 Å². The van der Waals surface area contributed by atoms with E-state index in [1.807, 2.05) is 6.07 Å². The van der Waals surface area contributed by atoms with Crippen LogP contribution in [0.4, 0.5) is 10.1 Å². The molecule has 0 heterocycles. The second-order valence-corrected chi connectivity index (χ2v) is 4.20. The van der Waals surface area contributed by atoms with Gasteiger partial charge in [-0.3, -0.25) is 4.79 Å². The highest BCUT2D eigenvalue weighted by Gasteiger charge is 2.12. The fourth-order valence-electron chi connectivity index (χ4n) is 1.78. The fourth-order valence-corrected chi connectivity index (χ4v) is 1.78. The number of rotatable bonds is 4. The van der Waals surface area contributed by atoms with E-state index in [0.717, 1.165) is 5.56 Å². The summed E-state index contributed by atoms with van der Waals surface area (Å²) < 4.78 is 18.7. The summed E-state index contributed by atoms with van der Waals surface area (Å²) >= 11 is 0. The highest BCUT2D eigenvalue weighted by atomic mass is 19.1. The van der Waals surface area contributed by atoms with E-state index in [4.69, 9.17) is 10.5 Å². The number of benzene rings is 2. The molecule has 0 aliphatic carbocycles. The predicted molar refractivity (Wildman–Crippen MR) is 75.2 cm³/mol. The first-order valence-corrected chi connectivity index (χ1v) is 6.08. The number of ether oxygens (including phenoxy) is 1. The Morgan fingerprint density at radius 1 is 1.30 bits per heavy atom. The molecular formula is C15H15FN2O2. The molecule has 0 atom stereocenters. The molecule has 0 spiro atoms. The monoisotopic (exact) mass is 274 g/mol. The van der Waals surface area contributed by atoms with Crippen LogP contribution in [-0.4, -0.2) is 13.0 Å². The zero-order chi connectivity index (χ0) is 14.5. The molecule has 0 saturated heterocycles. The molecule has 104 valence electrons. The van der Waals surface area contributed by atoms with E-state index in [0.29, 0.717) is 18.0 Å². The van der Waals surface area contributed by atoms with Crippen molar-refractivity contribution in [3.63, 3.8) is 0 Å². The molecule has 0 radical (unpaired) electrons. The Labute approximate surface area is 116 Å². The van der Waals surface area contributed by atoms with Gasteiger partial charge >= 0.3 is 0 Å². The van der Waals surface area contributed by atoms with Crippen molar-refractivity contribution in [3.8, 4) is 5.75 Å². The lowest BCUT2D eigenvalue weighted by Crippen LogP contribution is -2.14. The first-order valence-electron chi connectivity index (χ1n) is 6.08. The van der Waals surface area contributed by atoms with Gasteiger partial charge in [-0.2, -0.15) is 0 Å². The lowest BCUT2D eigenvalue weighted by Gasteiger charge is -2.08. The average molecular weight is 274 g/mol. The Morgan fingerprint density at radius 2 is 2.10 bits per heavy atom. The Hall–Kier alpha value is -2.40. The maximum atomic E-state index is 13.8. The van der Waals surface area contributed by atoms with Crippen LogP contribution in [-0.2, 0) is 6.54 Å². The number of anilines is 1. The van der Waals surface area contributed by atoms with Crippen LogP contribution >= 0.6 is 0 Å². The van der Waals surface area contributed by atoms with E-state index >= 15 is 0 Å². The fraction of sp³-hybridized carbons (Fsp3) is 0.133. The van der Waals surface area contributed by atoms with Gasteiger partial charge in [0.1, 0.15) is 11.6 Å². The first-order chi connectivity index (χ1) is 9.63. The number of amides is 1. The summed E-state index contributed by atoms with van der Waals surface area (Å²) in [6, 6.07) is 11.2. The zero-order valence-electron chi connectivity index (χ0n) is 11.0. The number of carbonyl (C=O) groups excluding carboxylic acids is 1. The normalized spacial score (nSPS) is 10.2. The van der Waals surface area contributed by atoms with Crippen LogP contribution < -0.4 is 15.8 Å². The molecule has 2 aromatic rings. The molecule has 5 heteroatoms. The summed E-state index contributed by atoms with van der Waals surface area (Å²) in [5.41, 5.74) is 6.96. The smallest absolute Gasteiger partial charge is 0.258 e.